The predicted octanol–water partition coefficient (Wildman–Crippen LogP) is 4.46. The lowest BCUT2D eigenvalue weighted by Crippen LogP contribution is -2.36. The molecule has 1 aromatic heterocycles. The van der Waals surface area contributed by atoms with Crippen LogP contribution in [0.5, 0.6) is 5.75 Å². The maximum Gasteiger partial charge on any atom is 0.416 e. The van der Waals surface area contributed by atoms with Crippen molar-refractivity contribution in [2.75, 3.05) is 20.2 Å². The number of halogens is 3. The van der Waals surface area contributed by atoms with Crippen molar-refractivity contribution in [3.63, 3.8) is 0 Å². The fourth-order valence-electron chi connectivity index (χ4n) is 4.08. The Morgan fingerprint density at radius 2 is 1.90 bits per heavy atom. The fourth-order valence-corrected chi connectivity index (χ4v) is 4.08. The van der Waals surface area contributed by atoms with E-state index in [1.165, 1.54) is 6.07 Å². The first-order chi connectivity index (χ1) is 13.9. The number of methoxy groups -OCH3 is 1. The normalized spacial score (nSPS) is 17.6. The molecule has 1 atom stereocenters. The van der Waals surface area contributed by atoms with E-state index in [0.717, 1.165) is 17.0 Å². The molecule has 0 bridgehead atoms. The van der Waals surface area contributed by atoms with Crippen LogP contribution < -0.4 is 4.74 Å². The molecule has 29 heavy (non-hydrogen) atoms. The van der Waals surface area contributed by atoms with Crippen LogP contribution in [0, 0.1) is 0 Å². The summed E-state index contributed by atoms with van der Waals surface area (Å²) < 4.78 is 45.2. The minimum atomic E-state index is -4.36. The SMILES string of the molecule is COc1ccc2[nH]nc(C(O)N3CCC(c4ccccc4C(F)(F)F)CC3)c2c1. The van der Waals surface area contributed by atoms with Crippen LogP contribution in [0.25, 0.3) is 10.9 Å². The van der Waals surface area contributed by atoms with Crippen molar-refractivity contribution in [3.8, 4) is 5.75 Å². The van der Waals surface area contributed by atoms with Crippen LogP contribution in [0.15, 0.2) is 42.5 Å². The smallest absolute Gasteiger partial charge is 0.416 e. The average Bonchev–Trinajstić information content (AvgIpc) is 3.16. The van der Waals surface area contributed by atoms with E-state index < -0.39 is 18.0 Å². The van der Waals surface area contributed by atoms with E-state index in [2.05, 4.69) is 10.2 Å². The van der Waals surface area contributed by atoms with Crippen molar-refractivity contribution in [2.24, 2.45) is 0 Å². The lowest BCUT2D eigenvalue weighted by atomic mass is 9.86. The average molecular weight is 405 g/mol. The Labute approximate surface area is 166 Å². The summed E-state index contributed by atoms with van der Waals surface area (Å²) in [6, 6.07) is 11.2. The summed E-state index contributed by atoms with van der Waals surface area (Å²) >= 11 is 0. The Balaban J connectivity index is 1.51. The summed E-state index contributed by atoms with van der Waals surface area (Å²) in [6.07, 6.45) is -4.22. The minimum absolute atomic E-state index is 0.188. The second-order valence-corrected chi connectivity index (χ2v) is 7.29. The van der Waals surface area contributed by atoms with Gasteiger partial charge >= 0.3 is 6.18 Å². The van der Waals surface area contributed by atoms with Crippen LogP contribution >= 0.6 is 0 Å². The molecule has 3 aromatic rings. The van der Waals surface area contributed by atoms with Crippen LogP contribution in [0.2, 0.25) is 0 Å². The van der Waals surface area contributed by atoms with E-state index in [-0.39, 0.29) is 5.92 Å². The highest BCUT2D eigenvalue weighted by molar-refractivity contribution is 5.83. The zero-order valence-corrected chi connectivity index (χ0v) is 15.9. The number of aliphatic hydroxyl groups is 1. The zero-order valence-electron chi connectivity index (χ0n) is 15.9. The monoisotopic (exact) mass is 405 g/mol. The third kappa shape index (κ3) is 3.82. The third-order valence-corrected chi connectivity index (χ3v) is 5.63. The van der Waals surface area contributed by atoms with Crippen molar-refractivity contribution in [1.29, 1.82) is 0 Å². The fraction of sp³-hybridized carbons (Fsp3) is 0.381. The van der Waals surface area contributed by atoms with Gasteiger partial charge in [-0.3, -0.25) is 10.00 Å². The molecule has 1 aliphatic rings. The molecule has 0 saturated carbocycles. The number of rotatable bonds is 4. The van der Waals surface area contributed by atoms with Gasteiger partial charge in [0.2, 0.25) is 0 Å². The molecule has 0 aliphatic carbocycles. The van der Waals surface area contributed by atoms with Gasteiger partial charge in [-0.25, -0.2) is 0 Å². The molecule has 8 heteroatoms. The van der Waals surface area contributed by atoms with E-state index >= 15 is 0 Å². The Morgan fingerprint density at radius 3 is 2.59 bits per heavy atom. The molecular weight excluding hydrogens is 383 g/mol. The molecule has 1 unspecified atom stereocenters. The number of hydrogen-bond donors (Lipinski definition) is 2. The summed E-state index contributed by atoms with van der Waals surface area (Å²) in [5.74, 6) is 0.474. The summed E-state index contributed by atoms with van der Waals surface area (Å²) in [6.45, 7) is 0.965. The standard InChI is InChI=1S/C21H22F3N3O2/c1-29-14-6-7-18-16(12-14)19(26-25-18)20(28)27-10-8-13(9-11-27)15-4-2-3-5-17(15)21(22,23)24/h2-7,12-13,20,28H,8-11H2,1H3,(H,25,26). The van der Waals surface area contributed by atoms with Gasteiger partial charge in [0.05, 0.1) is 18.2 Å². The number of H-pyrrole nitrogens is 1. The summed E-state index contributed by atoms with van der Waals surface area (Å²) in [4.78, 5) is 1.85. The number of aromatic nitrogens is 2. The van der Waals surface area contributed by atoms with Crippen molar-refractivity contribution in [1.82, 2.24) is 15.1 Å². The number of benzene rings is 2. The van der Waals surface area contributed by atoms with Gasteiger partial charge in [-0.2, -0.15) is 18.3 Å². The second-order valence-electron chi connectivity index (χ2n) is 7.29. The van der Waals surface area contributed by atoms with Crippen molar-refractivity contribution in [3.05, 3.63) is 59.3 Å². The van der Waals surface area contributed by atoms with Crippen LogP contribution in [0.4, 0.5) is 13.2 Å². The molecule has 0 radical (unpaired) electrons. The third-order valence-electron chi connectivity index (χ3n) is 5.63. The summed E-state index contributed by atoms with van der Waals surface area (Å²) in [5, 5.41) is 18.8. The van der Waals surface area contributed by atoms with Gasteiger partial charge in [-0.1, -0.05) is 18.2 Å². The Kier molecular flexibility index (Phi) is 5.23. The highest BCUT2D eigenvalue weighted by Gasteiger charge is 2.36. The molecule has 1 fully saturated rings. The molecular formula is C21H22F3N3O2. The van der Waals surface area contributed by atoms with Gasteiger partial charge in [-0.05, 0) is 48.6 Å². The number of ether oxygens (including phenoxy) is 1. The largest absolute Gasteiger partial charge is 0.497 e. The number of fused-ring (bicyclic) bond motifs is 1. The number of hydrogen-bond acceptors (Lipinski definition) is 4. The quantitative estimate of drug-likeness (QED) is 0.673. The van der Waals surface area contributed by atoms with Gasteiger partial charge in [0.25, 0.3) is 0 Å². The molecule has 154 valence electrons. The van der Waals surface area contributed by atoms with Crippen molar-refractivity contribution in [2.45, 2.75) is 31.2 Å². The van der Waals surface area contributed by atoms with Gasteiger partial charge in [0.1, 0.15) is 11.4 Å². The van der Waals surface area contributed by atoms with E-state index in [0.29, 0.717) is 42.9 Å². The first kappa shape index (κ1) is 19.7. The lowest BCUT2D eigenvalue weighted by Gasteiger charge is -2.35. The van der Waals surface area contributed by atoms with Gasteiger partial charge in [0.15, 0.2) is 6.23 Å². The molecule has 0 spiro atoms. The molecule has 0 amide bonds. The highest BCUT2D eigenvalue weighted by Crippen LogP contribution is 2.39. The van der Waals surface area contributed by atoms with Gasteiger partial charge < -0.3 is 9.84 Å². The molecule has 2 aromatic carbocycles. The molecule has 5 nitrogen and oxygen atoms in total. The van der Waals surface area contributed by atoms with Gasteiger partial charge in [0, 0.05) is 18.5 Å². The topological polar surface area (TPSA) is 61.4 Å². The number of likely N-dealkylation sites (tertiary alicyclic amines) is 1. The maximum atomic E-state index is 13.3. The van der Waals surface area contributed by atoms with Crippen LogP contribution in [-0.2, 0) is 6.18 Å². The first-order valence-corrected chi connectivity index (χ1v) is 9.48. The Morgan fingerprint density at radius 1 is 1.17 bits per heavy atom. The van der Waals surface area contributed by atoms with Crippen molar-refractivity contribution < 1.29 is 23.0 Å². The van der Waals surface area contributed by atoms with Crippen LogP contribution in [-0.4, -0.2) is 40.4 Å². The van der Waals surface area contributed by atoms with Crippen LogP contribution in [0.1, 0.15) is 41.8 Å². The van der Waals surface area contributed by atoms with E-state index in [9.17, 15) is 18.3 Å². The highest BCUT2D eigenvalue weighted by atomic mass is 19.4. The van der Waals surface area contributed by atoms with E-state index in [1.54, 1.807) is 25.3 Å². The number of piperidine rings is 1. The molecule has 1 saturated heterocycles. The minimum Gasteiger partial charge on any atom is -0.497 e. The van der Waals surface area contributed by atoms with E-state index in [1.807, 2.05) is 17.0 Å². The molecule has 1 aliphatic heterocycles. The first-order valence-electron chi connectivity index (χ1n) is 9.48. The predicted molar refractivity (Wildman–Crippen MR) is 103 cm³/mol. The van der Waals surface area contributed by atoms with E-state index in [4.69, 9.17) is 4.74 Å². The van der Waals surface area contributed by atoms with Crippen molar-refractivity contribution >= 4 is 10.9 Å². The van der Waals surface area contributed by atoms with Crippen LogP contribution in [0.3, 0.4) is 0 Å². The Bertz CT molecular complexity index is 994. The molecule has 2 heterocycles. The number of nitrogens with zero attached hydrogens (tertiary/aromatic N) is 2. The molecule has 4 rings (SSSR count). The zero-order chi connectivity index (χ0) is 20.6. The lowest BCUT2D eigenvalue weighted by molar-refractivity contribution is -0.138. The number of nitrogens with one attached hydrogen (secondary N) is 1. The summed E-state index contributed by atoms with van der Waals surface area (Å²) in [7, 11) is 1.57. The number of alkyl halides is 3. The summed E-state index contributed by atoms with van der Waals surface area (Å²) in [5.41, 5.74) is 1.05. The van der Waals surface area contributed by atoms with Gasteiger partial charge in [-0.15, -0.1) is 0 Å². The number of aliphatic hydroxyl groups excluding tert-OH is 1. The second kappa shape index (κ2) is 7.68. The number of aromatic amines is 1. The maximum absolute atomic E-state index is 13.3. The molecule has 2 N–H and O–H groups in total. The Hall–Kier alpha value is -2.58.